The van der Waals surface area contributed by atoms with Crippen LogP contribution < -0.4 is 5.32 Å². The average Bonchev–Trinajstić information content (AvgIpc) is 2.46. The molecule has 0 radical (unpaired) electrons. The summed E-state index contributed by atoms with van der Waals surface area (Å²) in [5.41, 5.74) is -0.253. The number of benzene rings is 1. The molecule has 0 aliphatic carbocycles. The molecule has 4 nitrogen and oxygen atoms in total. The summed E-state index contributed by atoms with van der Waals surface area (Å²) in [5, 5.41) is 2.69. The van der Waals surface area contributed by atoms with Gasteiger partial charge in [-0.05, 0) is 41.4 Å². The van der Waals surface area contributed by atoms with Crippen molar-refractivity contribution in [2.45, 2.75) is 32.4 Å². The summed E-state index contributed by atoms with van der Waals surface area (Å²) in [7, 11) is 0. The largest absolute Gasteiger partial charge is 0.342 e. The Morgan fingerprint density at radius 1 is 1.40 bits per heavy atom. The summed E-state index contributed by atoms with van der Waals surface area (Å²) in [6.45, 7) is 3.95. The molecule has 108 valence electrons. The molecule has 0 bridgehead atoms. The molecule has 0 atom stereocenters. The van der Waals surface area contributed by atoms with Crippen LogP contribution in [0, 0.1) is 5.82 Å². The van der Waals surface area contributed by atoms with Gasteiger partial charge in [0.2, 0.25) is 11.8 Å². The molecular weight excluding hydrogens is 327 g/mol. The summed E-state index contributed by atoms with van der Waals surface area (Å²) in [6, 6.07) is 4.71. The Hall–Kier alpha value is -1.43. The lowest BCUT2D eigenvalue weighted by atomic mass is 10.0. The third-order valence-electron chi connectivity index (χ3n) is 3.28. The van der Waals surface area contributed by atoms with E-state index in [0.717, 1.165) is 0 Å². The number of halogens is 2. The van der Waals surface area contributed by atoms with E-state index < -0.39 is 5.54 Å². The van der Waals surface area contributed by atoms with Crippen molar-refractivity contribution in [2.75, 3.05) is 6.54 Å². The van der Waals surface area contributed by atoms with E-state index in [1.165, 1.54) is 6.07 Å². The van der Waals surface area contributed by atoms with Crippen LogP contribution in [0.1, 0.15) is 25.8 Å². The number of nitrogens with zero attached hydrogens (tertiary/aromatic N) is 1. The van der Waals surface area contributed by atoms with E-state index in [4.69, 9.17) is 0 Å². The smallest absolute Gasteiger partial charge is 0.248 e. The van der Waals surface area contributed by atoms with Crippen molar-refractivity contribution in [2.24, 2.45) is 0 Å². The number of nitrogens with one attached hydrogen (secondary N) is 1. The topological polar surface area (TPSA) is 49.4 Å². The van der Waals surface area contributed by atoms with Gasteiger partial charge in [0.25, 0.3) is 0 Å². The Bertz CT molecular complexity index is 560. The Balaban J connectivity index is 2.25. The number of hydrogen-bond acceptors (Lipinski definition) is 2. The molecule has 2 rings (SSSR count). The van der Waals surface area contributed by atoms with E-state index in [1.54, 1.807) is 30.9 Å². The summed E-state index contributed by atoms with van der Waals surface area (Å²) in [5.74, 6) is -0.679. The maximum atomic E-state index is 13.5. The van der Waals surface area contributed by atoms with Crippen molar-refractivity contribution in [3.8, 4) is 0 Å². The molecule has 0 aromatic heterocycles. The molecular formula is C14H16BrFN2O2. The Morgan fingerprint density at radius 3 is 2.80 bits per heavy atom. The lowest BCUT2D eigenvalue weighted by Gasteiger charge is -2.29. The van der Waals surface area contributed by atoms with Crippen LogP contribution in [0.2, 0.25) is 0 Å². The molecule has 6 heteroatoms. The van der Waals surface area contributed by atoms with E-state index in [-0.39, 0.29) is 30.6 Å². The second-order valence-corrected chi connectivity index (χ2v) is 6.16. The van der Waals surface area contributed by atoms with Gasteiger partial charge in [-0.25, -0.2) is 4.39 Å². The summed E-state index contributed by atoms with van der Waals surface area (Å²) in [4.78, 5) is 25.6. The summed E-state index contributed by atoms with van der Waals surface area (Å²) < 4.78 is 13.9. The minimum absolute atomic E-state index is 0.149. The molecule has 1 aromatic carbocycles. The molecule has 0 spiro atoms. The van der Waals surface area contributed by atoms with E-state index in [1.807, 2.05) is 0 Å². The zero-order valence-electron chi connectivity index (χ0n) is 11.4. The predicted molar refractivity (Wildman–Crippen MR) is 76.4 cm³/mol. The van der Waals surface area contributed by atoms with Crippen molar-refractivity contribution >= 4 is 27.7 Å². The van der Waals surface area contributed by atoms with Crippen LogP contribution in [0.3, 0.4) is 0 Å². The van der Waals surface area contributed by atoms with Gasteiger partial charge in [0.1, 0.15) is 11.4 Å². The zero-order chi connectivity index (χ0) is 14.9. The molecule has 1 fully saturated rings. The van der Waals surface area contributed by atoms with E-state index in [9.17, 15) is 14.0 Å². The van der Waals surface area contributed by atoms with Gasteiger partial charge in [0.15, 0.2) is 0 Å². The van der Waals surface area contributed by atoms with Gasteiger partial charge in [0.05, 0.1) is 4.47 Å². The van der Waals surface area contributed by atoms with Crippen LogP contribution in [0.25, 0.3) is 0 Å². The van der Waals surface area contributed by atoms with Crippen LogP contribution in [0.15, 0.2) is 22.7 Å². The van der Waals surface area contributed by atoms with Gasteiger partial charge < -0.3 is 10.2 Å². The number of carbonyl (C=O) groups excluding carboxylic acids is 2. The number of carbonyl (C=O) groups is 2. The molecule has 1 N–H and O–H groups in total. The van der Waals surface area contributed by atoms with Crippen LogP contribution in [-0.4, -0.2) is 28.8 Å². The molecule has 1 aliphatic heterocycles. The minimum atomic E-state index is -0.937. The van der Waals surface area contributed by atoms with Crippen molar-refractivity contribution < 1.29 is 14.0 Å². The minimum Gasteiger partial charge on any atom is -0.342 e. The maximum Gasteiger partial charge on any atom is 0.248 e. The predicted octanol–water partition coefficient (Wildman–Crippen LogP) is 2.22. The standard InChI is InChI=1S/C14H16BrFN2O2/c1-14(2)13(20)18(7-6-11(19)17-14)8-9-4-3-5-10(16)12(9)15/h3-5H,6-8H2,1-2H3,(H,17,19). The highest BCUT2D eigenvalue weighted by atomic mass is 79.9. The summed E-state index contributed by atoms with van der Waals surface area (Å²) >= 11 is 3.19. The third-order valence-corrected chi connectivity index (χ3v) is 4.16. The fourth-order valence-corrected chi connectivity index (χ4v) is 2.61. The molecule has 0 saturated carbocycles. The molecule has 20 heavy (non-hydrogen) atoms. The van der Waals surface area contributed by atoms with E-state index in [0.29, 0.717) is 16.6 Å². The Morgan fingerprint density at radius 2 is 2.10 bits per heavy atom. The highest BCUT2D eigenvalue weighted by molar-refractivity contribution is 9.10. The quantitative estimate of drug-likeness (QED) is 0.895. The van der Waals surface area contributed by atoms with Crippen LogP contribution in [-0.2, 0) is 16.1 Å². The second kappa shape index (κ2) is 5.52. The highest BCUT2D eigenvalue weighted by Crippen LogP contribution is 2.23. The SMILES string of the molecule is CC1(C)NC(=O)CCN(Cc2cccc(F)c2Br)C1=O. The molecule has 1 aromatic rings. The normalized spacial score (nSPS) is 18.7. The molecule has 1 aliphatic rings. The third kappa shape index (κ3) is 3.00. The van der Waals surface area contributed by atoms with Crippen molar-refractivity contribution in [3.63, 3.8) is 0 Å². The lowest BCUT2D eigenvalue weighted by molar-refractivity contribution is -0.137. The fourth-order valence-electron chi connectivity index (χ4n) is 2.22. The van der Waals surface area contributed by atoms with E-state index in [2.05, 4.69) is 21.2 Å². The van der Waals surface area contributed by atoms with Gasteiger partial charge in [-0.2, -0.15) is 0 Å². The first-order valence-electron chi connectivity index (χ1n) is 6.34. The second-order valence-electron chi connectivity index (χ2n) is 5.36. The first-order valence-corrected chi connectivity index (χ1v) is 7.14. The van der Waals surface area contributed by atoms with Gasteiger partial charge in [-0.15, -0.1) is 0 Å². The highest BCUT2D eigenvalue weighted by Gasteiger charge is 2.36. The molecule has 2 amide bonds. The fraction of sp³-hybridized carbons (Fsp3) is 0.429. The maximum absolute atomic E-state index is 13.5. The lowest BCUT2D eigenvalue weighted by Crippen LogP contribution is -2.52. The molecule has 1 saturated heterocycles. The van der Waals surface area contributed by atoms with Gasteiger partial charge in [0, 0.05) is 19.5 Å². The van der Waals surface area contributed by atoms with Crippen molar-refractivity contribution in [1.29, 1.82) is 0 Å². The van der Waals surface area contributed by atoms with Crippen molar-refractivity contribution in [3.05, 3.63) is 34.1 Å². The first kappa shape index (κ1) is 15.0. The average molecular weight is 343 g/mol. The monoisotopic (exact) mass is 342 g/mol. The Kier molecular flexibility index (Phi) is 4.13. The number of rotatable bonds is 2. The summed E-state index contributed by atoms with van der Waals surface area (Å²) in [6.07, 6.45) is 0.252. The molecule has 1 heterocycles. The van der Waals surface area contributed by atoms with E-state index >= 15 is 0 Å². The van der Waals surface area contributed by atoms with Crippen LogP contribution >= 0.6 is 15.9 Å². The number of hydrogen-bond donors (Lipinski definition) is 1. The number of amides is 2. The van der Waals surface area contributed by atoms with Crippen molar-refractivity contribution in [1.82, 2.24) is 10.2 Å². The van der Waals surface area contributed by atoms with Gasteiger partial charge in [-0.1, -0.05) is 12.1 Å². The first-order chi connectivity index (χ1) is 9.31. The van der Waals surface area contributed by atoms with Crippen LogP contribution in [0.4, 0.5) is 4.39 Å². The van der Waals surface area contributed by atoms with Gasteiger partial charge in [-0.3, -0.25) is 9.59 Å². The Labute approximate surface area is 125 Å². The zero-order valence-corrected chi connectivity index (χ0v) is 13.0. The molecule has 0 unspecified atom stereocenters. The van der Waals surface area contributed by atoms with Gasteiger partial charge >= 0.3 is 0 Å². The van der Waals surface area contributed by atoms with Crippen LogP contribution in [0.5, 0.6) is 0 Å².